The Bertz CT molecular complexity index is 946. The number of fused-ring (bicyclic) bond motifs is 3. The molecule has 2 heteroatoms. The molecular weight excluding hydrogens is 274 g/mol. The first-order valence-electron chi connectivity index (χ1n) is 7.08. The second-order valence-corrected chi connectivity index (χ2v) is 6.47. The Hall–Kier alpha value is -2.19. The lowest BCUT2D eigenvalue weighted by molar-refractivity contribution is 1.12. The minimum Gasteiger partial charge on any atom is -0.258 e. The summed E-state index contributed by atoms with van der Waals surface area (Å²) in [6, 6.07) is 19.6. The van der Waals surface area contributed by atoms with Gasteiger partial charge in [0, 0.05) is 31.6 Å². The average molecular weight is 289 g/mol. The number of hydrogen-bond donors (Lipinski definition) is 0. The van der Waals surface area contributed by atoms with Gasteiger partial charge in [-0.1, -0.05) is 36.4 Å². The number of hydrogen-bond acceptors (Lipinski definition) is 2. The molecule has 0 saturated heterocycles. The van der Waals surface area contributed by atoms with E-state index in [1.165, 1.54) is 31.3 Å². The molecule has 0 aliphatic carbocycles. The van der Waals surface area contributed by atoms with E-state index in [4.69, 9.17) is 0 Å². The molecule has 0 fully saturated rings. The molecule has 0 N–H and O–H groups in total. The number of thiophene rings is 1. The van der Waals surface area contributed by atoms with Crippen molar-refractivity contribution in [1.82, 2.24) is 4.98 Å². The summed E-state index contributed by atoms with van der Waals surface area (Å²) in [5, 5.41) is 2.70. The van der Waals surface area contributed by atoms with Gasteiger partial charge in [-0.3, -0.25) is 4.98 Å². The van der Waals surface area contributed by atoms with Gasteiger partial charge in [0.15, 0.2) is 0 Å². The second-order valence-electron chi connectivity index (χ2n) is 5.42. The minimum atomic E-state index is 1.07. The summed E-state index contributed by atoms with van der Waals surface area (Å²) in [4.78, 5) is 4.49. The van der Waals surface area contributed by atoms with Gasteiger partial charge in [0.1, 0.15) is 0 Å². The van der Waals surface area contributed by atoms with Crippen molar-refractivity contribution >= 4 is 31.5 Å². The Balaban J connectivity index is 2.09. The third-order valence-corrected chi connectivity index (χ3v) is 5.02. The predicted molar refractivity (Wildman–Crippen MR) is 92.0 cm³/mol. The Kier molecular flexibility index (Phi) is 2.79. The van der Waals surface area contributed by atoms with Crippen LogP contribution in [0.3, 0.4) is 0 Å². The molecule has 0 aliphatic heterocycles. The zero-order chi connectivity index (χ0) is 14.4. The topological polar surface area (TPSA) is 12.9 Å². The first-order chi connectivity index (χ1) is 10.2. The van der Waals surface area contributed by atoms with Gasteiger partial charge in [-0.05, 0) is 43.2 Å². The van der Waals surface area contributed by atoms with E-state index in [0.717, 1.165) is 11.4 Å². The number of nitrogens with zero attached hydrogens (tertiary/aromatic N) is 1. The lowest BCUT2D eigenvalue weighted by atomic mass is 10.0. The van der Waals surface area contributed by atoms with E-state index in [0.29, 0.717) is 0 Å². The number of benzene rings is 2. The molecule has 0 radical (unpaired) electrons. The Morgan fingerprint density at radius 3 is 2.33 bits per heavy atom. The van der Waals surface area contributed by atoms with E-state index in [1.54, 1.807) is 0 Å². The van der Waals surface area contributed by atoms with Gasteiger partial charge in [0.05, 0.1) is 0 Å². The Labute approximate surface area is 127 Å². The molecule has 0 aliphatic rings. The third-order valence-electron chi connectivity index (χ3n) is 3.80. The van der Waals surface area contributed by atoms with Gasteiger partial charge in [-0.15, -0.1) is 11.3 Å². The molecule has 0 spiro atoms. The normalized spacial score (nSPS) is 11.3. The SMILES string of the molecule is Cc1cc(-c2cccc3c2sc2ccccc23)cc(C)n1. The highest BCUT2D eigenvalue weighted by molar-refractivity contribution is 7.26. The molecular formula is C19H15NS. The fourth-order valence-electron chi connectivity index (χ4n) is 2.96. The molecule has 21 heavy (non-hydrogen) atoms. The van der Waals surface area contributed by atoms with Crippen LogP contribution in [0.4, 0.5) is 0 Å². The van der Waals surface area contributed by atoms with Crippen LogP contribution in [-0.4, -0.2) is 4.98 Å². The zero-order valence-electron chi connectivity index (χ0n) is 12.1. The summed E-state index contributed by atoms with van der Waals surface area (Å²) in [6.45, 7) is 4.11. The lowest BCUT2D eigenvalue weighted by Crippen LogP contribution is -1.88. The zero-order valence-corrected chi connectivity index (χ0v) is 12.9. The number of pyridine rings is 1. The molecule has 1 nitrogen and oxygen atoms in total. The monoisotopic (exact) mass is 289 g/mol. The molecule has 2 aromatic heterocycles. The molecule has 0 unspecified atom stereocenters. The van der Waals surface area contributed by atoms with Crippen molar-refractivity contribution in [2.45, 2.75) is 13.8 Å². The highest BCUT2D eigenvalue weighted by Gasteiger charge is 2.10. The van der Waals surface area contributed by atoms with Crippen LogP contribution in [-0.2, 0) is 0 Å². The third kappa shape index (κ3) is 2.03. The Morgan fingerprint density at radius 2 is 1.52 bits per heavy atom. The highest BCUT2D eigenvalue weighted by Crippen LogP contribution is 2.39. The van der Waals surface area contributed by atoms with Crippen molar-refractivity contribution < 1.29 is 0 Å². The summed E-state index contributed by atoms with van der Waals surface area (Å²) in [5.74, 6) is 0. The van der Waals surface area contributed by atoms with Crippen LogP contribution < -0.4 is 0 Å². The van der Waals surface area contributed by atoms with Crippen molar-refractivity contribution in [3.05, 3.63) is 66.0 Å². The van der Waals surface area contributed by atoms with E-state index >= 15 is 0 Å². The molecule has 4 aromatic rings. The average Bonchev–Trinajstić information content (AvgIpc) is 2.84. The van der Waals surface area contributed by atoms with Crippen molar-refractivity contribution in [2.75, 3.05) is 0 Å². The quantitative estimate of drug-likeness (QED) is 0.436. The van der Waals surface area contributed by atoms with E-state index < -0.39 is 0 Å². The van der Waals surface area contributed by atoms with E-state index in [-0.39, 0.29) is 0 Å². The fourth-order valence-corrected chi connectivity index (χ4v) is 4.20. The van der Waals surface area contributed by atoms with Crippen LogP contribution in [0.5, 0.6) is 0 Å². The fraction of sp³-hybridized carbons (Fsp3) is 0.105. The van der Waals surface area contributed by atoms with Crippen LogP contribution in [0.25, 0.3) is 31.3 Å². The summed E-state index contributed by atoms with van der Waals surface area (Å²) in [5.41, 5.74) is 4.71. The number of rotatable bonds is 1. The van der Waals surface area contributed by atoms with Crippen LogP contribution in [0.1, 0.15) is 11.4 Å². The molecule has 0 atom stereocenters. The van der Waals surface area contributed by atoms with Gasteiger partial charge in [-0.25, -0.2) is 0 Å². The number of aromatic nitrogens is 1. The Morgan fingerprint density at radius 1 is 0.810 bits per heavy atom. The standard InChI is InChI=1S/C19H15NS/c1-12-10-14(11-13(2)20-12)15-7-5-8-17-16-6-3-4-9-18(16)21-19(15)17/h3-11H,1-2H3. The molecule has 2 aromatic carbocycles. The van der Waals surface area contributed by atoms with Crippen LogP contribution in [0.2, 0.25) is 0 Å². The first-order valence-corrected chi connectivity index (χ1v) is 7.90. The molecule has 0 amide bonds. The van der Waals surface area contributed by atoms with Gasteiger partial charge >= 0.3 is 0 Å². The van der Waals surface area contributed by atoms with Crippen molar-refractivity contribution in [2.24, 2.45) is 0 Å². The molecule has 2 heterocycles. The maximum Gasteiger partial charge on any atom is 0.0433 e. The van der Waals surface area contributed by atoms with Crippen LogP contribution >= 0.6 is 11.3 Å². The largest absolute Gasteiger partial charge is 0.258 e. The predicted octanol–water partition coefficient (Wildman–Crippen LogP) is 5.73. The highest BCUT2D eigenvalue weighted by atomic mass is 32.1. The van der Waals surface area contributed by atoms with Crippen molar-refractivity contribution in [3.8, 4) is 11.1 Å². The van der Waals surface area contributed by atoms with Gasteiger partial charge in [0.2, 0.25) is 0 Å². The summed E-state index contributed by atoms with van der Waals surface area (Å²) in [7, 11) is 0. The van der Waals surface area contributed by atoms with Gasteiger partial charge in [0.25, 0.3) is 0 Å². The van der Waals surface area contributed by atoms with Crippen LogP contribution in [0.15, 0.2) is 54.6 Å². The van der Waals surface area contributed by atoms with Crippen molar-refractivity contribution in [1.29, 1.82) is 0 Å². The molecule has 0 bridgehead atoms. The summed E-state index contributed by atoms with van der Waals surface area (Å²) in [6.07, 6.45) is 0. The second kappa shape index (κ2) is 4.68. The van der Waals surface area contributed by atoms with Crippen LogP contribution in [0, 0.1) is 13.8 Å². The molecule has 102 valence electrons. The first kappa shape index (κ1) is 12.5. The van der Waals surface area contributed by atoms with Crippen molar-refractivity contribution in [3.63, 3.8) is 0 Å². The number of aryl methyl sites for hydroxylation is 2. The van der Waals surface area contributed by atoms with E-state index in [1.807, 2.05) is 11.3 Å². The summed E-state index contributed by atoms with van der Waals surface area (Å²) >= 11 is 1.87. The van der Waals surface area contributed by atoms with E-state index in [9.17, 15) is 0 Å². The maximum absolute atomic E-state index is 4.49. The van der Waals surface area contributed by atoms with E-state index in [2.05, 4.69) is 73.4 Å². The minimum absolute atomic E-state index is 1.07. The lowest BCUT2D eigenvalue weighted by Gasteiger charge is -2.06. The maximum atomic E-state index is 4.49. The summed E-state index contributed by atoms with van der Waals surface area (Å²) < 4.78 is 2.71. The van der Waals surface area contributed by atoms with Gasteiger partial charge < -0.3 is 0 Å². The molecule has 4 rings (SSSR count). The molecule has 0 saturated carbocycles. The smallest absolute Gasteiger partial charge is 0.0433 e. The van der Waals surface area contributed by atoms with Gasteiger partial charge in [-0.2, -0.15) is 0 Å².